The summed E-state index contributed by atoms with van der Waals surface area (Å²) in [5.74, 6) is 0. The summed E-state index contributed by atoms with van der Waals surface area (Å²) in [7, 11) is 0. The number of rotatable bonds is 3. The average Bonchev–Trinajstić information content (AvgIpc) is 2.68. The lowest BCUT2D eigenvalue weighted by molar-refractivity contribution is 0.454. The van der Waals surface area contributed by atoms with E-state index in [1.165, 1.54) is 0 Å². The number of halogens is 2. The average molecular weight is 359 g/mol. The molecule has 0 aliphatic rings. The molecule has 0 saturated carbocycles. The van der Waals surface area contributed by atoms with Crippen LogP contribution in [0.1, 0.15) is 18.5 Å². The van der Waals surface area contributed by atoms with Crippen molar-refractivity contribution in [2.24, 2.45) is 5.73 Å². The third kappa shape index (κ3) is 2.97. The predicted octanol–water partition coefficient (Wildman–Crippen LogP) is 3.34. The first-order valence-corrected chi connectivity index (χ1v) is 6.87. The molecule has 2 N–H and O–H groups in total. The zero-order chi connectivity index (χ0) is 12.4. The highest BCUT2D eigenvalue weighted by molar-refractivity contribution is 9.10. The first-order chi connectivity index (χ1) is 8.08. The molecule has 0 fully saturated rings. The predicted molar refractivity (Wildman–Crippen MR) is 75.9 cm³/mol. The van der Waals surface area contributed by atoms with Crippen molar-refractivity contribution in [1.29, 1.82) is 0 Å². The van der Waals surface area contributed by atoms with Gasteiger partial charge in [-0.05, 0) is 40.5 Å². The second-order valence-electron chi connectivity index (χ2n) is 3.99. The molecule has 1 aromatic carbocycles. The minimum Gasteiger partial charge on any atom is -0.326 e. The molecule has 0 aliphatic carbocycles. The van der Waals surface area contributed by atoms with Gasteiger partial charge in [-0.3, -0.25) is 4.68 Å². The van der Waals surface area contributed by atoms with Gasteiger partial charge in [0.2, 0.25) is 0 Å². The maximum Gasteiger partial charge on any atom is 0.0917 e. The van der Waals surface area contributed by atoms with Crippen molar-refractivity contribution >= 4 is 31.9 Å². The van der Waals surface area contributed by atoms with Crippen molar-refractivity contribution in [3.8, 4) is 0 Å². The summed E-state index contributed by atoms with van der Waals surface area (Å²) in [6.45, 7) is 1.99. The van der Waals surface area contributed by atoms with Gasteiger partial charge in [-0.1, -0.05) is 28.1 Å². The molecule has 0 spiro atoms. The van der Waals surface area contributed by atoms with Crippen molar-refractivity contribution in [1.82, 2.24) is 9.78 Å². The standard InChI is InChI=1S/C12H13Br2N3/c1-8(15)12(17-7-11(14)6-16-17)9-2-4-10(13)5-3-9/h2-8,12H,15H2,1H3. The van der Waals surface area contributed by atoms with Gasteiger partial charge in [-0.25, -0.2) is 0 Å². The lowest BCUT2D eigenvalue weighted by Crippen LogP contribution is -2.30. The zero-order valence-electron chi connectivity index (χ0n) is 9.35. The van der Waals surface area contributed by atoms with Crippen LogP contribution in [-0.4, -0.2) is 15.8 Å². The van der Waals surface area contributed by atoms with Gasteiger partial charge in [0.1, 0.15) is 0 Å². The molecule has 0 aliphatic heterocycles. The molecule has 17 heavy (non-hydrogen) atoms. The molecule has 1 heterocycles. The Morgan fingerprint density at radius 3 is 2.29 bits per heavy atom. The van der Waals surface area contributed by atoms with Gasteiger partial charge < -0.3 is 5.73 Å². The summed E-state index contributed by atoms with van der Waals surface area (Å²) in [5, 5.41) is 4.31. The Hall–Kier alpha value is -0.650. The monoisotopic (exact) mass is 357 g/mol. The van der Waals surface area contributed by atoms with E-state index in [0.29, 0.717) is 0 Å². The Morgan fingerprint density at radius 1 is 1.18 bits per heavy atom. The third-order valence-electron chi connectivity index (χ3n) is 2.56. The van der Waals surface area contributed by atoms with Gasteiger partial charge >= 0.3 is 0 Å². The summed E-state index contributed by atoms with van der Waals surface area (Å²) < 4.78 is 3.91. The first-order valence-electron chi connectivity index (χ1n) is 5.28. The lowest BCUT2D eigenvalue weighted by Gasteiger charge is -2.21. The fourth-order valence-corrected chi connectivity index (χ4v) is 2.39. The topological polar surface area (TPSA) is 43.8 Å². The van der Waals surface area contributed by atoms with Crippen LogP contribution in [0.2, 0.25) is 0 Å². The molecule has 0 bridgehead atoms. The maximum atomic E-state index is 6.06. The van der Waals surface area contributed by atoms with Crippen molar-refractivity contribution < 1.29 is 0 Å². The highest BCUT2D eigenvalue weighted by atomic mass is 79.9. The normalized spacial score (nSPS) is 14.6. The number of benzene rings is 1. The van der Waals surface area contributed by atoms with E-state index in [1.807, 2.05) is 29.9 Å². The number of nitrogens with zero attached hydrogens (tertiary/aromatic N) is 2. The molecule has 2 rings (SSSR count). The van der Waals surface area contributed by atoms with Crippen molar-refractivity contribution in [3.63, 3.8) is 0 Å². The van der Waals surface area contributed by atoms with Crippen LogP contribution in [0.4, 0.5) is 0 Å². The van der Waals surface area contributed by atoms with E-state index >= 15 is 0 Å². The van der Waals surface area contributed by atoms with Crippen LogP contribution >= 0.6 is 31.9 Å². The Balaban J connectivity index is 2.39. The molecule has 2 unspecified atom stereocenters. The summed E-state index contributed by atoms with van der Waals surface area (Å²) in [6.07, 6.45) is 3.71. The zero-order valence-corrected chi connectivity index (χ0v) is 12.5. The van der Waals surface area contributed by atoms with E-state index in [4.69, 9.17) is 5.73 Å². The largest absolute Gasteiger partial charge is 0.326 e. The molecular weight excluding hydrogens is 346 g/mol. The van der Waals surface area contributed by atoms with Crippen LogP contribution in [0.25, 0.3) is 0 Å². The number of nitrogens with two attached hydrogens (primary N) is 1. The minimum atomic E-state index is -0.0111. The van der Waals surface area contributed by atoms with Gasteiger partial charge in [-0.15, -0.1) is 0 Å². The molecule has 2 aromatic rings. The minimum absolute atomic E-state index is 0.0111. The highest BCUT2D eigenvalue weighted by Crippen LogP contribution is 2.23. The molecule has 0 amide bonds. The van der Waals surface area contributed by atoms with E-state index in [1.54, 1.807) is 6.20 Å². The lowest BCUT2D eigenvalue weighted by atomic mass is 10.0. The molecule has 0 radical (unpaired) electrons. The van der Waals surface area contributed by atoms with Gasteiger partial charge in [-0.2, -0.15) is 5.10 Å². The van der Waals surface area contributed by atoms with Crippen LogP contribution in [0, 0.1) is 0 Å². The van der Waals surface area contributed by atoms with E-state index in [-0.39, 0.29) is 12.1 Å². The summed E-state index contributed by atoms with van der Waals surface area (Å²) in [4.78, 5) is 0. The van der Waals surface area contributed by atoms with Crippen LogP contribution < -0.4 is 5.73 Å². The molecule has 0 saturated heterocycles. The highest BCUT2D eigenvalue weighted by Gasteiger charge is 2.18. The fraction of sp³-hybridized carbons (Fsp3) is 0.250. The molecule has 5 heteroatoms. The number of hydrogen-bond acceptors (Lipinski definition) is 2. The number of hydrogen-bond donors (Lipinski definition) is 1. The van der Waals surface area contributed by atoms with E-state index in [2.05, 4.69) is 49.1 Å². The molecule has 3 nitrogen and oxygen atoms in total. The van der Waals surface area contributed by atoms with Crippen LogP contribution in [-0.2, 0) is 0 Å². The van der Waals surface area contributed by atoms with E-state index < -0.39 is 0 Å². The summed E-state index contributed by atoms with van der Waals surface area (Å²) in [5.41, 5.74) is 7.21. The quantitative estimate of drug-likeness (QED) is 0.914. The maximum absolute atomic E-state index is 6.06. The van der Waals surface area contributed by atoms with Crippen molar-refractivity contribution in [2.45, 2.75) is 19.0 Å². The third-order valence-corrected chi connectivity index (χ3v) is 3.50. The smallest absolute Gasteiger partial charge is 0.0917 e. The summed E-state index contributed by atoms with van der Waals surface area (Å²) in [6, 6.07) is 8.20. The number of aromatic nitrogens is 2. The van der Waals surface area contributed by atoms with Crippen molar-refractivity contribution in [3.05, 3.63) is 51.2 Å². The second kappa shape index (κ2) is 5.33. The Morgan fingerprint density at radius 2 is 1.82 bits per heavy atom. The summed E-state index contributed by atoms with van der Waals surface area (Å²) >= 11 is 6.83. The SMILES string of the molecule is CC(N)C(c1ccc(Br)cc1)n1cc(Br)cn1. The molecule has 90 valence electrons. The van der Waals surface area contributed by atoms with Gasteiger partial charge in [0.25, 0.3) is 0 Å². The van der Waals surface area contributed by atoms with Gasteiger partial charge in [0.05, 0.1) is 16.7 Å². The van der Waals surface area contributed by atoms with Gasteiger partial charge in [0.15, 0.2) is 0 Å². The second-order valence-corrected chi connectivity index (χ2v) is 5.83. The molecular formula is C12H13Br2N3. The Labute approximate surface area is 117 Å². The first kappa shape index (κ1) is 12.8. The Kier molecular flexibility index (Phi) is 4.01. The Bertz CT molecular complexity index is 491. The van der Waals surface area contributed by atoms with E-state index in [0.717, 1.165) is 14.5 Å². The van der Waals surface area contributed by atoms with Crippen molar-refractivity contribution in [2.75, 3.05) is 0 Å². The van der Waals surface area contributed by atoms with Crippen LogP contribution in [0.15, 0.2) is 45.6 Å². The molecule has 1 aromatic heterocycles. The van der Waals surface area contributed by atoms with Gasteiger partial charge in [0, 0.05) is 16.7 Å². The van der Waals surface area contributed by atoms with Crippen LogP contribution in [0.3, 0.4) is 0 Å². The van der Waals surface area contributed by atoms with Crippen LogP contribution in [0.5, 0.6) is 0 Å². The fourth-order valence-electron chi connectivity index (χ4n) is 1.82. The molecule has 2 atom stereocenters. The van der Waals surface area contributed by atoms with E-state index in [9.17, 15) is 0 Å².